The monoisotopic (exact) mass is 363 g/mol. The lowest BCUT2D eigenvalue weighted by molar-refractivity contribution is -0.111. The fraction of sp³-hybridized carbons (Fsp3) is 0.190. The van der Waals surface area contributed by atoms with Crippen LogP contribution >= 0.6 is 0 Å². The van der Waals surface area contributed by atoms with Gasteiger partial charge in [-0.1, -0.05) is 18.7 Å². The van der Waals surface area contributed by atoms with Crippen molar-refractivity contribution in [3.8, 4) is 11.1 Å². The Kier molecular flexibility index (Phi) is 4.81. The molecule has 1 N–H and O–H groups in total. The first kappa shape index (κ1) is 18.4. The minimum atomic E-state index is -0.601. The van der Waals surface area contributed by atoms with Gasteiger partial charge in [0.1, 0.15) is 5.60 Å². The van der Waals surface area contributed by atoms with Crippen molar-refractivity contribution < 1.29 is 14.3 Å². The number of aromatic nitrogens is 2. The number of nitrogens with zero attached hydrogens (tertiary/aromatic N) is 2. The number of hydrogen-bond acceptors (Lipinski definition) is 4. The molecule has 0 spiro atoms. The molecule has 0 aliphatic heterocycles. The molecule has 0 fully saturated rings. The first-order chi connectivity index (χ1) is 12.8. The molecule has 1 amide bonds. The van der Waals surface area contributed by atoms with E-state index in [1.165, 1.54) is 10.6 Å². The second-order valence-electron chi connectivity index (χ2n) is 7.06. The predicted octanol–water partition coefficient (Wildman–Crippen LogP) is 4.61. The van der Waals surface area contributed by atoms with E-state index in [1.807, 2.05) is 39.0 Å². The molecular weight excluding hydrogens is 342 g/mol. The van der Waals surface area contributed by atoms with E-state index in [9.17, 15) is 9.59 Å². The van der Waals surface area contributed by atoms with Gasteiger partial charge in [0.05, 0.1) is 5.52 Å². The second kappa shape index (κ2) is 7.07. The molecule has 0 atom stereocenters. The van der Waals surface area contributed by atoms with Crippen molar-refractivity contribution in [3.05, 3.63) is 61.6 Å². The van der Waals surface area contributed by atoms with Crippen LogP contribution in [0.15, 0.2) is 61.6 Å². The van der Waals surface area contributed by atoms with E-state index in [4.69, 9.17) is 4.74 Å². The van der Waals surface area contributed by atoms with Crippen LogP contribution in [0.25, 0.3) is 22.0 Å². The van der Waals surface area contributed by atoms with Gasteiger partial charge in [0.25, 0.3) is 0 Å². The molecule has 3 aromatic rings. The molecule has 0 radical (unpaired) electrons. The fourth-order valence-electron chi connectivity index (χ4n) is 2.72. The normalized spacial score (nSPS) is 11.2. The van der Waals surface area contributed by atoms with E-state index < -0.39 is 11.7 Å². The summed E-state index contributed by atoms with van der Waals surface area (Å²) in [6, 6.07) is 9.14. The summed E-state index contributed by atoms with van der Waals surface area (Å²) in [5, 5.41) is 3.55. The number of carbonyl (C=O) groups excluding carboxylic acids is 2. The predicted molar refractivity (Wildman–Crippen MR) is 106 cm³/mol. The number of fused-ring (bicyclic) bond motifs is 1. The number of carbonyl (C=O) groups is 2. The van der Waals surface area contributed by atoms with Crippen LogP contribution in [0.3, 0.4) is 0 Å². The molecule has 0 unspecified atom stereocenters. The number of nitrogens with one attached hydrogen (secondary N) is 1. The van der Waals surface area contributed by atoms with E-state index in [1.54, 1.807) is 30.7 Å². The van der Waals surface area contributed by atoms with Gasteiger partial charge in [-0.15, -0.1) is 0 Å². The maximum atomic E-state index is 12.6. The quantitative estimate of drug-likeness (QED) is 0.690. The largest absolute Gasteiger partial charge is 0.443 e. The number of benzene rings is 1. The van der Waals surface area contributed by atoms with Crippen molar-refractivity contribution in [2.24, 2.45) is 0 Å². The summed E-state index contributed by atoms with van der Waals surface area (Å²) in [5.41, 5.74) is 2.40. The number of anilines is 1. The van der Waals surface area contributed by atoms with Crippen LogP contribution in [-0.4, -0.2) is 27.2 Å². The number of ether oxygens (including phenoxy) is 1. The highest BCUT2D eigenvalue weighted by atomic mass is 16.6. The van der Waals surface area contributed by atoms with Crippen molar-refractivity contribution >= 4 is 28.6 Å². The average Bonchev–Trinajstić information content (AvgIpc) is 3.00. The Hall–Kier alpha value is -3.41. The highest BCUT2D eigenvalue weighted by Gasteiger charge is 2.21. The lowest BCUT2D eigenvalue weighted by Gasteiger charge is -2.19. The topological polar surface area (TPSA) is 73.2 Å². The molecule has 6 heteroatoms. The Balaban J connectivity index is 2.08. The summed E-state index contributed by atoms with van der Waals surface area (Å²) >= 11 is 0. The Morgan fingerprint density at radius 1 is 1.26 bits per heavy atom. The van der Waals surface area contributed by atoms with Crippen molar-refractivity contribution in [2.75, 3.05) is 5.32 Å². The van der Waals surface area contributed by atoms with Gasteiger partial charge in [-0.25, -0.2) is 4.79 Å². The molecule has 27 heavy (non-hydrogen) atoms. The van der Waals surface area contributed by atoms with Gasteiger partial charge in [0.2, 0.25) is 5.91 Å². The van der Waals surface area contributed by atoms with Gasteiger partial charge in [-0.2, -0.15) is 0 Å². The number of amides is 1. The molecule has 0 saturated carbocycles. The highest BCUT2D eigenvalue weighted by molar-refractivity contribution is 6.02. The number of rotatable bonds is 3. The summed E-state index contributed by atoms with van der Waals surface area (Å²) in [6.07, 6.45) is 5.83. The highest BCUT2D eigenvalue weighted by Crippen LogP contribution is 2.32. The minimum absolute atomic E-state index is 0.287. The molecule has 0 saturated heterocycles. The third-order valence-corrected chi connectivity index (χ3v) is 3.82. The van der Waals surface area contributed by atoms with Crippen LogP contribution in [0.1, 0.15) is 20.8 Å². The third-order valence-electron chi connectivity index (χ3n) is 3.82. The van der Waals surface area contributed by atoms with Crippen LogP contribution < -0.4 is 5.32 Å². The van der Waals surface area contributed by atoms with E-state index in [-0.39, 0.29) is 5.91 Å². The Labute approximate surface area is 157 Å². The Morgan fingerprint density at radius 2 is 2.04 bits per heavy atom. The summed E-state index contributed by atoms with van der Waals surface area (Å²) in [6.45, 7) is 8.93. The smallest absolute Gasteiger partial charge is 0.419 e. The maximum Gasteiger partial charge on any atom is 0.419 e. The van der Waals surface area contributed by atoms with E-state index >= 15 is 0 Å². The number of pyridine rings is 1. The van der Waals surface area contributed by atoms with Crippen molar-refractivity contribution in [1.29, 1.82) is 0 Å². The molecule has 0 aliphatic rings. The van der Waals surface area contributed by atoms with Crippen molar-refractivity contribution in [3.63, 3.8) is 0 Å². The standard InChI is InChI=1S/C21H21N3O3/c1-5-19(25)23-15-8-6-7-14(11-15)17-13-24(20(26)27-21(2,3)4)18-9-10-22-12-16(17)18/h5-13H,1H2,2-4H3,(H,23,25). The van der Waals surface area contributed by atoms with Gasteiger partial charge in [-0.3, -0.25) is 14.3 Å². The number of hydrogen-bond donors (Lipinski definition) is 1. The molecular formula is C21H21N3O3. The van der Waals surface area contributed by atoms with Gasteiger partial charge in [0, 0.05) is 35.2 Å². The van der Waals surface area contributed by atoms with Gasteiger partial charge in [-0.05, 0) is 50.6 Å². The lowest BCUT2D eigenvalue weighted by Crippen LogP contribution is -2.26. The molecule has 0 bridgehead atoms. The first-order valence-corrected chi connectivity index (χ1v) is 8.51. The van der Waals surface area contributed by atoms with Crippen molar-refractivity contribution in [1.82, 2.24) is 9.55 Å². The average molecular weight is 363 g/mol. The molecule has 6 nitrogen and oxygen atoms in total. The van der Waals surface area contributed by atoms with Crippen LogP contribution in [0.2, 0.25) is 0 Å². The molecule has 2 heterocycles. The summed E-state index contributed by atoms with van der Waals surface area (Å²) < 4.78 is 6.99. The maximum absolute atomic E-state index is 12.6. The van der Waals surface area contributed by atoms with Gasteiger partial charge >= 0.3 is 6.09 Å². The fourth-order valence-corrected chi connectivity index (χ4v) is 2.72. The molecule has 0 aliphatic carbocycles. The molecule has 3 rings (SSSR count). The van der Waals surface area contributed by atoms with Crippen LogP contribution in [0.4, 0.5) is 10.5 Å². The van der Waals surface area contributed by atoms with Gasteiger partial charge in [0.15, 0.2) is 0 Å². The van der Waals surface area contributed by atoms with E-state index in [2.05, 4.69) is 16.9 Å². The van der Waals surface area contributed by atoms with E-state index in [0.717, 1.165) is 16.5 Å². The molecule has 138 valence electrons. The zero-order valence-corrected chi connectivity index (χ0v) is 15.5. The minimum Gasteiger partial charge on any atom is -0.443 e. The van der Waals surface area contributed by atoms with E-state index in [0.29, 0.717) is 11.2 Å². The summed E-state index contributed by atoms with van der Waals surface area (Å²) in [5.74, 6) is -0.287. The Bertz CT molecular complexity index is 1030. The van der Waals surface area contributed by atoms with Crippen LogP contribution in [0, 0.1) is 0 Å². The van der Waals surface area contributed by atoms with Crippen molar-refractivity contribution in [2.45, 2.75) is 26.4 Å². The summed E-state index contributed by atoms with van der Waals surface area (Å²) in [4.78, 5) is 28.4. The SMILES string of the molecule is C=CC(=O)Nc1cccc(-c2cn(C(=O)OC(C)(C)C)c3ccncc23)c1. The first-order valence-electron chi connectivity index (χ1n) is 8.51. The second-order valence-corrected chi connectivity index (χ2v) is 7.06. The lowest BCUT2D eigenvalue weighted by atomic mass is 10.1. The third kappa shape index (κ3) is 4.06. The van der Waals surface area contributed by atoms with Crippen LogP contribution in [0.5, 0.6) is 0 Å². The molecule has 1 aromatic carbocycles. The molecule has 2 aromatic heterocycles. The zero-order valence-electron chi connectivity index (χ0n) is 15.5. The Morgan fingerprint density at radius 3 is 2.74 bits per heavy atom. The van der Waals surface area contributed by atoms with Gasteiger partial charge < -0.3 is 10.1 Å². The summed E-state index contributed by atoms with van der Waals surface area (Å²) in [7, 11) is 0. The zero-order chi connectivity index (χ0) is 19.6. The van der Waals surface area contributed by atoms with Crippen LogP contribution in [-0.2, 0) is 9.53 Å².